The summed E-state index contributed by atoms with van der Waals surface area (Å²) < 4.78 is 41.3. The Hall–Kier alpha value is -2.23. The molecule has 0 spiro atoms. The quantitative estimate of drug-likeness (QED) is 0.110. The average molecular weight is 641 g/mol. The van der Waals surface area contributed by atoms with Gasteiger partial charge in [0.15, 0.2) is 12.3 Å². The summed E-state index contributed by atoms with van der Waals surface area (Å²) in [6.45, 7) is 12.9. The van der Waals surface area contributed by atoms with Crippen LogP contribution in [0, 0.1) is 11.3 Å². The van der Waals surface area contributed by atoms with Crippen molar-refractivity contribution in [3.05, 3.63) is 24.3 Å². The van der Waals surface area contributed by atoms with E-state index < -0.39 is 41.6 Å². The van der Waals surface area contributed by atoms with Gasteiger partial charge in [-0.25, -0.2) is 0 Å². The molecule has 0 aromatic carbocycles. The summed E-state index contributed by atoms with van der Waals surface area (Å²) in [5, 5.41) is 14.0. The Balaban J connectivity index is 1.76. The molecule has 2 fully saturated rings. The summed E-state index contributed by atoms with van der Waals surface area (Å²) >= 11 is 0. The first-order chi connectivity index (χ1) is 21.2. The normalized spacial score (nSPS) is 32.1. The van der Waals surface area contributed by atoms with Crippen molar-refractivity contribution in [1.82, 2.24) is 10.2 Å². The molecular formula is C32H52N2O11. The zero-order valence-corrected chi connectivity index (χ0v) is 27.9. The van der Waals surface area contributed by atoms with E-state index in [1.807, 2.05) is 27.7 Å². The lowest BCUT2D eigenvalue weighted by molar-refractivity contribution is -0.298. The predicted molar refractivity (Wildman–Crippen MR) is 163 cm³/mol. The van der Waals surface area contributed by atoms with Gasteiger partial charge in [-0.05, 0) is 13.3 Å². The Morgan fingerprint density at radius 1 is 1.16 bits per heavy atom. The smallest absolute Gasteiger partial charge is 0.256 e. The Bertz CT molecular complexity index is 1060. The summed E-state index contributed by atoms with van der Waals surface area (Å²) in [7, 11) is 6.04. The highest BCUT2D eigenvalue weighted by atomic mass is 16.7. The van der Waals surface area contributed by atoms with E-state index in [1.54, 1.807) is 14.2 Å². The minimum Gasteiger partial charge on any atom is -0.382 e. The molecule has 0 aromatic heterocycles. The average Bonchev–Trinajstić information content (AvgIpc) is 3.33. The van der Waals surface area contributed by atoms with Gasteiger partial charge in [-0.15, -0.1) is 0 Å². The molecule has 0 radical (unpaired) electrons. The minimum absolute atomic E-state index is 0.0325. The minimum atomic E-state index is -1.68. The van der Waals surface area contributed by atoms with Gasteiger partial charge >= 0.3 is 0 Å². The van der Waals surface area contributed by atoms with Crippen LogP contribution < -0.4 is 5.32 Å². The van der Waals surface area contributed by atoms with E-state index in [0.717, 1.165) is 5.57 Å². The highest BCUT2D eigenvalue weighted by molar-refractivity contribution is 6.12. The van der Waals surface area contributed by atoms with Crippen molar-refractivity contribution < 1.29 is 52.6 Å². The summed E-state index contributed by atoms with van der Waals surface area (Å²) in [4.78, 5) is 38.5. The standard InChI is InChI=1S/C32H52N2O11/c1-19-17-32(42-9,45-21(3)20(19)2)28(37)29(38)33-30(41-8)23-16-24(43-14-10-13-34-26(35)11-12-27(34)36)31(4,5)25(44-23)15-22(40-7)18-39-6/h11-12,20-25,28,30,37H,1,10,13-18H2,2-9H3,(H,33,38)/t20-,21-,22+,23+,24-,25-,28-,30+,32-/m1/s1. The summed E-state index contributed by atoms with van der Waals surface area (Å²) in [6, 6.07) is 0. The molecule has 3 amide bonds. The molecular weight excluding hydrogens is 588 g/mol. The number of methoxy groups -OCH3 is 4. The number of rotatable bonds is 16. The van der Waals surface area contributed by atoms with Crippen molar-refractivity contribution >= 4 is 17.7 Å². The van der Waals surface area contributed by atoms with Gasteiger partial charge in [0.2, 0.25) is 5.79 Å². The Morgan fingerprint density at radius 2 is 1.82 bits per heavy atom. The van der Waals surface area contributed by atoms with Crippen molar-refractivity contribution in [2.45, 2.75) is 102 Å². The number of hydrogen-bond donors (Lipinski definition) is 2. The molecule has 2 N–H and O–H groups in total. The van der Waals surface area contributed by atoms with Crippen LogP contribution in [0.3, 0.4) is 0 Å². The number of ether oxygens (including phenoxy) is 7. The van der Waals surface area contributed by atoms with Crippen LogP contribution in [0.15, 0.2) is 24.3 Å². The maximum Gasteiger partial charge on any atom is 0.256 e. The highest BCUT2D eigenvalue weighted by Gasteiger charge is 2.52. The SMILES string of the molecule is C=C1C[C@](OC)([C@H](O)C(=O)N[C@@H](OC)[C@@H]2C[C@@H](OCCCN3C(=O)C=CC3=O)C(C)(C)[C@@H](C[C@@H](COC)OC)O2)O[C@H](C)[C@@H]1C. The topological polar surface area (TPSA) is 151 Å². The second kappa shape index (κ2) is 16.1. The summed E-state index contributed by atoms with van der Waals surface area (Å²) in [5.41, 5.74) is 0.303. The lowest BCUT2D eigenvalue weighted by Crippen LogP contribution is -2.62. The second-order valence-electron chi connectivity index (χ2n) is 12.7. The van der Waals surface area contributed by atoms with Crippen LogP contribution in [0.25, 0.3) is 0 Å². The van der Waals surface area contributed by atoms with E-state index in [4.69, 9.17) is 33.2 Å². The lowest BCUT2D eigenvalue weighted by Gasteiger charge is -2.50. The monoisotopic (exact) mass is 640 g/mol. The van der Waals surface area contributed by atoms with Gasteiger partial charge in [0.1, 0.15) is 6.10 Å². The molecule has 2 saturated heterocycles. The van der Waals surface area contributed by atoms with Crippen LogP contribution >= 0.6 is 0 Å². The van der Waals surface area contributed by atoms with Gasteiger partial charge < -0.3 is 43.6 Å². The van der Waals surface area contributed by atoms with E-state index >= 15 is 0 Å². The molecule has 3 rings (SSSR count). The van der Waals surface area contributed by atoms with Crippen LogP contribution in [0.5, 0.6) is 0 Å². The van der Waals surface area contributed by atoms with Gasteiger partial charge in [0.05, 0.1) is 31.0 Å². The molecule has 256 valence electrons. The van der Waals surface area contributed by atoms with E-state index in [9.17, 15) is 19.5 Å². The molecule has 3 aliphatic rings. The second-order valence-corrected chi connectivity index (χ2v) is 12.7. The van der Waals surface area contributed by atoms with Crippen molar-refractivity contribution in [3.63, 3.8) is 0 Å². The molecule has 0 unspecified atom stereocenters. The first kappa shape index (κ1) is 37.2. The van der Waals surface area contributed by atoms with Gasteiger partial charge in [0.25, 0.3) is 17.7 Å². The van der Waals surface area contributed by atoms with Gasteiger partial charge in [-0.1, -0.05) is 32.9 Å². The molecule has 13 heteroatoms. The number of carbonyl (C=O) groups excluding carboxylic acids is 3. The third-order valence-corrected chi connectivity index (χ3v) is 9.45. The number of aliphatic hydroxyl groups excluding tert-OH is 1. The zero-order valence-electron chi connectivity index (χ0n) is 27.9. The fourth-order valence-corrected chi connectivity index (χ4v) is 6.14. The number of hydrogen-bond acceptors (Lipinski definition) is 11. The van der Waals surface area contributed by atoms with Crippen LogP contribution in [0.2, 0.25) is 0 Å². The molecule has 0 aromatic rings. The number of aliphatic hydroxyl groups is 1. The number of carbonyl (C=O) groups is 3. The van der Waals surface area contributed by atoms with Crippen LogP contribution in [0.1, 0.15) is 53.4 Å². The van der Waals surface area contributed by atoms with Gasteiger partial charge in [0, 0.05) is 84.3 Å². The third-order valence-electron chi connectivity index (χ3n) is 9.45. The molecule has 3 aliphatic heterocycles. The van der Waals surface area contributed by atoms with Crippen LogP contribution in [0.4, 0.5) is 0 Å². The van der Waals surface area contributed by atoms with E-state index in [2.05, 4.69) is 11.9 Å². The van der Waals surface area contributed by atoms with Crippen LogP contribution in [-0.4, -0.2) is 125 Å². The summed E-state index contributed by atoms with van der Waals surface area (Å²) in [5.74, 6) is -2.99. The van der Waals surface area contributed by atoms with Crippen LogP contribution in [-0.2, 0) is 47.5 Å². The molecule has 45 heavy (non-hydrogen) atoms. The van der Waals surface area contributed by atoms with E-state index in [1.165, 1.54) is 31.3 Å². The molecule has 0 bridgehead atoms. The van der Waals surface area contributed by atoms with E-state index in [-0.39, 0.29) is 55.6 Å². The van der Waals surface area contributed by atoms with E-state index in [0.29, 0.717) is 25.9 Å². The number of nitrogens with zero attached hydrogens (tertiary/aromatic N) is 1. The molecule has 9 atom stereocenters. The number of imide groups is 1. The third kappa shape index (κ3) is 8.58. The van der Waals surface area contributed by atoms with Gasteiger partial charge in [-0.3, -0.25) is 19.3 Å². The molecule has 0 aliphatic carbocycles. The maximum absolute atomic E-state index is 13.5. The number of nitrogens with one attached hydrogen (secondary N) is 1. The van der Waals surface area contributed by atoms with Crippen molar-refractivity contribution in [2.24, 2.45) is 11.3 Å². The first-order valence-electron chi connectivity index (χ1n) is 15.5. The van der Waals surface area contributed by atoms with Gasteiger partial charge in [-0.2, -0.15) is 0 Å². The van der Waals surface area contributed by atoms with Crippen molar-refractivity contribution in [2.75, 3.05) is 48.2 Å². The Labute approximate surface area is 266 Å². The first-order valence-corrected chi connectivity index (χ1v) is 15.5. The maximum atomic E-state index is 13.5. The fraction of sp³-hybridized carbons (Fsp3) is 0.781. The fourth-order valence-electron chi connectivity index (χ4n) is 6.14. The molecule has 13 nitrogen and oxygen atoms in total. The summed E-state index contributed by atoms with van der Waals surface area (Å²) in [6.07, 6.45) is -0.716. The van der Waals surface area contributed by atoms with Crippen molar-refractivity contribution in [3.8, 4) is 0 Å². The highest BCUT2D eigenvalue weighted by Crippen LogP contribution is 2.42. The zero-order chi connectivity index (χ0) is 33.5. The Morgan fingerprint density at radius 3 is 2.38 bits per heavy atom. The number of amides is 3. The van der Waals surface area contributed by atoms with Crippen molar-refractivity contribution in [1.29, 1.82) is 0 Å². The predicted octanol–water partition coefficient (Wildman–Crippen LogP) is 1.72. The molecule has 3 heterocycles. The largest absolute Gasteiger partial charge is 0.382 e. The Kier molecular flexibility index (Phi) is 13.3. The molecule has 0 saturated carbocycles. The lowest BCUT2D eigenvalue weighted by atomic mass is 9.74.